The second-order valence-electron chi connectivity index (χ2n) is 4.61. The monoisotopic (exact) mass is 263 g/mol. The first-order valence-electron chi connectivity index (χ1n) is 5.28. The smallest absolute Gasteiger partial charge is 0.203 e. The van der Waals surface area contributed by atoms with Crippen molar-refractivity contribution < 1.29 is 17.9 Å². The van der Waals surface area contributed by atoms with Gasteiger partial charge in [-0.15, -0.1) is 0 Å². The van der Waals surface area contributed by atoms with Crippen LogP contribution in [0.2, 0.25) is 0 Å². The first kappa shape index (κ1) is 15.5. The Morgan fingerprint density at radius 3 is 1.90 bits per heavy atom. The fourth-order valence-electron chi connectivity index (χ4n) is 1.83. The Kier molecular flexibility index (Phi) is 3.36. The van der Waals surface area contributed by atoms with Gasteiger partial charge >= 0.3 is 0 Å². The van der Waals surface area contributed by atoms with Crippen molar-refractivity contribution in [3.63, 3.8) is 0 Å². The van der Waals surface area contributed by atoms with Crippen molar-refractivity contribution in [1.29, 1.82) is 0 Å². The van der Waals surface area contributed by atoms with Gasteiger partial charge in [-0.25, -0.2) is 8.78 Å². The first-order valence-corrected chi connectivity index (χ1v) is 5.28. The average molecular weight is 262 g/mol. The molecule has 2 nitrogen and oxygen atoms in total. The van der Waals surface area contributed by atoms with Crippen LogP contribution < -0.4 is 15.5 Å². The molecule has 1 aromatic carbocycles. The Morgan fingerprint density at radius 2 is 1.45 bits per heavy atom. The summed E-state index contributed by atoms with van der Waals surface area (Å²) in [7, 11) is 32.6. The van der Waals surface area contributed by atoms with Crippen LogP contribution in [0.15, 0.2) is 6.07 Å². The van der Waals surface area contributed by atoms with Crippen molar-refractivity contribution in [3.8, 4) is 5.75 Å². The molecule has 0 amide bonds. The van der Waals surface area contributed by atoms with Gasteiger partial charge in [0.05, 0.1) is 36.9 Å². The van der Waals surface area contributed by atoms with Gasteiger partial charge in [-0.05, 0) is 16.7 Å². The van der Waals surface area contributed by atoms with Crippen LogP contribution in [0, 0.1) is 17.5 Å². The van der Waals surface area contributed by atoms with Crippen molar-refractivity contribution in [3.05, 3.63) is 23.5 Å². The van der Waals surface area contributed by atoms with Crippen LogP contribution in [0.25, 0.3) is 0 Å². The summed E-state index contributed by atoms with van der Waals surface area (Å²) in [5.74, 6) is -5.71. The van der Waals surface area contributed by atoms with Crippen LogP contribution in [0.5, 0.6) is 5.75 Å². The van der Waals surface area contributed by atoms with E-state index < -0.39 is 44.8 Å². The molecule has 0 saturated carbocycles. The average Bonchev–Trinajstić information content (AvgIpc) is 2.30. The summed E-state index contributed by atoms with van der Waals surface area (Å²) >= 11 is 0. The predicted molar refractivity (Wildman–Crippen MR) is 72.4 cm³/mol. The number of halogens is 3. The van der Waals surface area contributed by atoms with Crippen molar-refractivity contribution in [2.45, 2.75) is 16.2 Å². The summed E-state index contributed by atoms with van der Waals surface area (Å²) in [5, 5.41) is -1.75. The first-order chi connectivity index (χ1) is 8.93. The standard InChI is InChI=1S/C9H2B6F3NO/c10-2-1-3(16)6(5(18)4(2)17)20-7(11)8(12,13)19-9(7,14)15/h1,19H. The second kappa shape index (κ2) is 4.33. The summed E-state index contributed by atoms with van der Waals surface area (Å²) in [4.78, 5) is 0. The lowest BCUT2D eigenvalue weighted by Crippen LogP contribution is -2.94. The molecule has 0 bridgehead atoms. The number of hydrogen-bond acceptors (Lipinski definition) is 2. The maximum Gasteiger partial charge on any atom is 0.203 e. The third kappa shape index (κ3) is 1.93. The van der Waals surface area contributed by atoms with Gasteiger partial charge in [-0.1, -0.05) is 5.46 Å². The molecule has 1 aliphatic heterocycles. The molecule has 11 heteroatoms. The molecule has 0 atom stereocenters. The molecule has 1 N–H and O–H groups in total. The third-order valence-corrected chi connectivity index (χ3v) is 3.05. The minimum absolute atomic E-state index is 0.507. The number of ether oxygens (including phenoxy) is 1. The highest BCUT2D eigenvalue weighted by molar-refractivity contribution is 6.56. The van der Waals surface area contributed by atoms with E-state index in [1.54, 1.807) is 0 Å². The molecule has 88 valence electrons. The number of rotatable bonds is 2. The molecule has 0 unspecified atom stereocenters. The van der Waals surface area contributed by atoms with Crippen LogP contribution in [0.4, 0.5) is 13.2 Å². The van der Waals surface area contributed by atoms with Gasteiger partial charge in [0.15, 0.2) is 17.4 Å². The Bertz CT molecular complexity index is 567. The SMILES string of the molecule is [B]c1cc(F)c(OC2([B])C([B])([B])NC2([B])[B])c(F)c1F. The molecule has 0 aliphatic carbocycles. The van der Waals surface area contributed by atoms with Gasteiger partial charge in [-0.3, -0.25) is 0 Å². The van der Waals surface area contributed by atoms with E-state index in [-0.39, 0.29) is 0 Å². The zero-order chi connectivity index (χ0) is 15.5. The van der Waals surface area contributed by atoms with Crippen LogP contribution in [-0.4, -0.2) is 63.3 Å². The lowest BCUT2D eigenvalue weighted by molar-refractivity contribution is 0.0117. The van der Waals surface area contributed by atoms with Crippen LogP contribution in [0.1, 0.15) is 0 Å². The Labute approximate surface area is 122 Å². The minimum atomic E-state index is -2.30. The molecule has 1 fully saturated rings. The Hall–Kier alpha value is -0.840. The second-order valence-corrected chi connectivity index (χ2v) is 4.61. The van der Waals surface area contributed by atoms with E-state index in [2.05, 4.69) is 5.32 Å². The normalized spacial score (nSPS) is 21.9. The molecule has 1 saturated heterocycles. The highest BCUT2D eigenvalue weighted by atomic mass is 19.2. The zero-order valence-electron chi connectivity index (χ0n) is 10.1. The Balaban J connectivity index is 2.48. The molecule has 1 aliphatic rings. The van der Waals surface area contributed by atoms with Crippen molar-refractivity contribution in [1.82, 2.24) is 5.32 Å². The van der Waals surface area contributed by atoms with Crippen LogP contribution in [-0.2, 0) is 0 Å². The molecule has 0 aromatic heterocycles. The third-order valence-electron chi connectivity index (χ3n) is 3.05. The number of nitrogens with one attached hydrogen (secondary N) is 1. The van der Waals surface area contributed by atoms with Gasteiger partial charge in [0.2, 0.25) is 5.82 Å². The molecule has 2 rings (SSSR count). The highest BCUT2D eigenvalue weighted by Crippen LogP contribution is 2.39. The maximum absolute atomic E-state index is 13.7. The highest BCUT2D eigenvalue weighted by Gasteiger charge is 2.61. The lowest BCUT2D eigenvalue weighted by Gasteiger charge is -2.69. The Morgan fingerprint density at radius 1 is 0.950 bits per heavy atom. The number of benzene rings is 1. The summed E-state index contributed by atoms with van der Waals surface area (Å²) in [6.07, 6.45) is 0. The zero-order valence-corrected chi connectivity index (χ0v) is 10.1. The van der Waals surface area contributed by atoms with Crippen molar-refractivity contribution in [2.75, 3.05) is 0 Å². The fraction of sp³-hybridized carbons (Fsp3) is 0.333. The molecule has 0 spiro atoms. The topological polar surface area (TPSA) is 21.3 Å². The fourth-order valence-corrected chi connectivity index (χ4v) is 1.83. The molecule has 12 radical (unpaired) electrons. The molecular formula is C9H2B6F3NO. The molecular weight excluding hydrogens is 260 g/mol. The van der Waals surface area contributed by atoms with Crippen LogP contribution >= 0.6 is 0 Å². The maximum atomic E-state index is 13.7. The van der Waals surface area contributed by atoms with Gasteiger partial charge in [0.25, 0.3) is 0 Å². The van der Waals surface area contributed by atoms with E-state index in [0.717, 1.165) is 0 Å². The van der Waals surface area contributed by atoms with Gasteiger partial charge < -0.3 is 10.1 Å². The van der Waals surface area contributed by atoms with Crippen molar-refractivity contribution in [2.24, 2.45) is 0 Å². The minimum Gasteiger partial charge on any atom is -0.491 e. The summed E-state index contributed by atoms with van der Waals surface area (Å²) in [5.41, 5.74) is -3.05. The van der Waals surface area contributed by atoms with E-state index in [1.165, 1.54) is 0 Å². The van der Waals surface area contributed by atoms with Gasteiger partial charge in [0.1, 0.15) is 15.7 Å². The summed E-state index contributed by atoms with van der Waals surface area (Å²) in [6, 6.07) is 0.507. The molecule has 1 aromatic rings. The molecule has 20 heavy (non-hydrogen) atoms. The number of hydrogen-bond donors (Lipinski definition) is 1. The molecule has 1 heterocycles. The van der Waals surface area contributed by atoms with E-state index in [4.69, 9.17) is 51.8 Å². The van der Waals surface area contributed by atoms with Crippen molar-refractivity contribution >= 4 is 52.5 Å². The van der Waals surface area contributed by atoms with E-state index >= 15 is 0 Å². The van der Waals surface area contributed by atoms with E-state index in [9.17, 15) is 13.2 Å². The van der Waals surface area contributed by atoms with Gasteiger partial charge in [-0.2, -0.15) is 4.39 Å². The summed E-state index contributed by atoms with van der Waals surface area (Å²) in [6.45, 7) is 0. The largest absolute Gasteiger partial charge is 0.491 e. The summed E-state index contributed by atoms with van der Waals surface area (Å²) < 4.78 is 45.5. The van der Waals surface area contributed by atoms with Gasteiger partial charge in [0, 0.05) is 0 Å². The lowest BCUT2D eigenvalue weighted by atomic mass is 9.27. The van der Waals surface area contributed by atoms with E-state index in [1.807, 2.05) is 0 Å². The predicted octanol–water partition coefficient (Wildman–Crippen LogP) is -2.27. The quantitative estimate of drug-likeness (QED) is 0.479. The van der Waals surface area contributed by atoms with E-state index in [0.29, 0.717) is 6.07 Å². The van der Waals surface area contributed by atoms with Crippen LogP contribution in [0.3, 0.4) is 0 Å².